The van der Waals surface area contributed by atoms with Crippen LogP contribution in [0.5, 0.6) is 0 Å². The number of esters is 1. The first-order valence-electron chi connectivity index (χ1n) is 2.99. The third-order valence-corrected chi connectivity index (χ3v) is 1.63. The lowest BCUT2D eigenvalue weighted by atomic mass is 10.2. The maximum absolute atomic E-state index is 10.9. The summed E-state index contributed by atoms with van der Waals surface area (Å²) in [5, 5.41) is 0. The Hall–Kier alpha value is -0.830. The molecule has 1 aromatic rings. The molecule has 0 fully saturated rings. The third-order valence-electron chi connectivity index (χ3n) is 1.17. The second-order valence-corrected chi connectivity index (χ2v) is 2.85. The zero-order chi connectivity index (χ0) is 8.27. The van der Waals surface area contributed by atoms with Gasteiger partial charge in [-0.2, -0.15) is 0 Å². The molecule has 1 radical (unpaired) electrons. The third kappa shape index (κ3) is 2.05. The molecule has 1 aromatic carbocycles. The Balaban J connectivity index is 2.96. The Kier molecular flexibility index (Phi) is 2.65. The van der Waals surface area contributed by atoms with Crippen LogP contribution >= 0.6 is 15.9 Å². The summed E-state index contributed by atoms with van der Waals surface area (Å²) in [6.45, 7) is 0. The summed E-state index contributed by atoms with van der Waals surface area (Å²) >= 11 is 3.22. The number of halogens is 1. The maximum atomic E-state index is 10.9. The normalized spacial score (nSPS) is 9.27. The molecule has 0 spiro atoms. The molecule has 0 aliphatic carbocycles. The van der Waals surface area contributed by atoms with Crippen molar-refractivity contribution in [2.45, 2.75) is 0 Å². The topological polar surface area (TPSA) is 26.3 Å². The first kappa shape index (κ1) is 8.27. The molecule has 1 rings (SSSR count). The molecule has 0 amide bonds. The highest BCUT2D eigenvalue weighted by Crippen LogP contribution is 2.11. The Morgan fingerprint density at radius 1 is 1.64 bits per heavy atom. The minimum absolute atomic E-state index is 0.345. The number of ether oxygens (including phenoxy) is 1. The van der Waals surface area contributed by atoms with Crippen LogP contribution < -0.4 is 0 Å². The summed E-state index contributed by atoms with van der Waals surface area (Å²) in [5.74, 6) is -0.345. The van der Waals surface area contributed by atoms with E-state index in [4.69, 9.17) is 0 Å². The van der Waals surface area contributed by atoms with E-state index in [0.717, 1.165) is 4.47 Å². The standard InChI is InChI=1S/C8H6BrO2/c1-11-8(10)6-3-2-4-7(9)5-6/h3-5H,1H3. The van der Waals surface area contributed by atoms with Gasteiger partial charge in [0, 0.05) is 4.47 Å². The second kappa shape index (κ2) is 3.53. The Bertz CT molecular complexity index is 271. The molecule has 0 N–H and O–H groups in total. The number of hydrogen-bond acceptors (Lipinski definition) is 2. The van der Waals surface area contributed by atoms with Crippen molar-refractivity contribution in [3.05, 3.63) is 34.3 Å². The lowest BCUT2D eigenvalue weighted by Crippen LogP contribution is -2.00. The van der Waals surface area contributed by atoms with Gasteiger partial charge in [-0.05, 0) is 24.3 Å². The van der Waals surface area contributed by atoms with Crippen molar-refractivity contribution in [3.63, 3.8) is 0 Å². The molecular formula is C8H6BrO2. The molecule has 0 bridgehead atoms. The van der Waals surface area contributed by atoms with Gasteiger partial charge in [0.1, 0.15) is 0 Å². The lowest BCUT2D eigenvalue weighted by molar-refractivity contribution is 0.0600. The van der Waals surface area contributed by atoms with Crippen LogP contribution in [0.25, 0.3) is 0 Å². The molecule has 0 unspecified atom stereocenters. The van der Waals surface area contributed by atoms with Crippen LogP contribution in [-0.2, 0) is 4.74 Å². The van der Waals surface area contributed by atoms with E-state index < -0.39 is 0 Å². The molecule has 2 nitrogen and oxygen atoms in total. The molecule has 57 valence electrons. The Morgan fingerprint density at radius 2 is 2.36 bits per heavy atom. The molecule has 0 saturated carbocycles. The Labute approximate surface area is 73.3 Å². The van der Waals surface area contributed by atoms with E-state index in [0.29, 0.717) is 5.56 Å². The van der Waals surface area contributed by atoms with Crippen molar-refractivity contribution >= 4 is 21.9 Å². The van der Waals surface area contributed by atoms with Crippen LogP contribution in [0.2, 0.25) is 0 Å². The fourth-order valence-corrected chi connectivity index (χ4v) is 1.06. The fraction of sp³-hybridized carbons (Fsp3) is 0.125. The number of benzene rings is 1. The molecule has 3 heteroatoms. The molecule has 0 saturated heterocycles. The molecule has 0 atom stereocenters. The summed E-state index contributed by atoms with van der Waals surface area (Å²) in [6.07, 6.45) is 0. The van der Waals surface area contributed by atoms with Crippen LogP contribution in [-0.4, -0.2) is 13.1 Å². The Morgan fingerprint density at radius 3 is 2.91 bits per heavy atom. The van der Waals surface area contributed by atoms with Crippen molar-refractivity contribution in [2.24, 2.45) is 0 Å². The van der Waals surface area contributed by atoms with Crippen molar-refractivity contribution in [2.75, 3.05) is 7.11 Å². The number of carbonyl (C=O) groups excluding carboxylic acids is 1. The van der Waals surface area contributed by atoms with Gasteiger partial charge in [-0.25, -0.2) is 4.79 Å². The van der Waals surface area contributed by atoms with Crippen molar-refractivity contribution in [3.8, 4) is 0 Å². The van der Waals surface area contributed by atoms with Crippen LogP contribution in [0.1, 0.15) is 10.4 Å². The van der Waals surface area contributed by atoms with Crippen LogP contribution in [0.15, 0.2) is 22.7 Å². The van der Waals surface area contributed by atoms with Gasteiger partial charge in [0.15, 0.2) is 0 Å². The van der Waals surface area contributed by atoms with E-state index in [1.54, 1.807) is 18.2 Å². The first-order chi connectivity index (χ1) is 5.24. The zero-order valence-electron chi connectivity index (χ0n) is 5.93. The average Bonchev–Trinajstić information content (AvgIpc) is 2.03. The van der Waals surface area contributed by atoms with E-state index in [9.17, 15) is 4.79 Å². The van der Waals surface area contributed by atoms with Crippen molar-refractivity contribution in [1.82, 2.24) is 0 Å². The van der Waals surface area contributed by atoms with E-state index in [2.05, 4.69) is 26.7 Å². The highest BCUT2D eigenvalue weighted by Gasteiger charge is 2.03. The summed E-state index contributed by atoms with van der Waals surface area (Å²) in [7, 11) is 1.35. The minimum Gasteiger partial charge on any atom is -0.465 e. The molecular weight excluding hydrogens is 208 g/mol. The van der Waals surface area contributed by atoms with Gasteiger partial charge in [0.25, 0.3) is 0 Å². The van der Waals surface area contributed by atoms with E-state index >= 15 is 0 Å². The van der Waals surface area contributed by atoms with Crippen molar-refractivity contribution in [1.29, 1.82) is 0 Å². The lowest BCUT2D eigenvalue weighted by Gasteiger charge is -1.97. The number of hydrogen-bond donors (Lipinski definition) is 0. The average molecular weight is 214 g/mol. The SMILES string of the molecule is COC(=O)c1c[c]cc(Br)c1. The molecule has 0 aliphatic rings. The predicted molar refractivity (Wildman–Crippen MR) is 44.3 cm³/mol. The zero-order valence-corrected chi connectivity index (χ0v) is 7.51. The number of rotatable bonds is 1. The summed E-state index contributed by atoms with van der Waals surface area (Å²) in [5.41, 5.74) is 0.502. The number of carbonyl (C=O) groups is 1. The van der Waals surface area contributed by atoms with Crippen LogP contribution in [0.4, 0.5) is 0 Å². The molecule has 11 heavy (non-hydrogen) atoms. The van der Waals surface area contributed by atoms with E-state index in [-0.39, 0.29) is 5.97 Å². The van der Waals surface area contributed by atoms with Gasteiger partial charge >= 0.3 is 5.97 Å². The quantitative estimate of drug-likeness (QED) is 0.668. The minimum atomic E-state index is -0.345. The monoisotopic (exact) mass is 213 g/mol. The van der Waals surface area contributed by atoms with Gasteiger partial charge in [0.05, 0.1) is 12.7 Å². The highest BCUT2D eigenvalue weighted by molar-refractivity contribution is 9.10. The molecule has 0 aliphatic heterocycles. The van der Waals surface area contributed by atoms with Gasteiger partial charge in [0.2, 0.25) is 0 Å². The van der Waals surface area contributed by atoms with Gasteiger partial charge in [-0.15, -0.1) is 0 Å². The van der Waals surface area contributed by atoms with Gasteiger partial charge < -0.3 is 4.74 Å². The predicted octanol–water partition coefficient (Wildman–Crippen LogP) is 2.04. The summed E-state index contributed by atoms with van der Waals surface area (Å²) < 4.78 is 5.33. The number of methoxy groups -OCH3 is 1. The smallest absolute Gasteiger partial charge is 0.337 e. The van der Waals surface area contributed by atoms with Crippen molar-refractivity contribution < 1.29 is 9.53 Å². The largest absolute Gasteiger partial charge is 0.465 e. The highest BCUT2D eigenvalue weighted by atomic mass is 79.9. The molecule has 0 heterocycles. The van der Waals surface area contributed by atoms with E-state index in [1.807, 2.05) is 0 Å². The van der Waals surface area contributed by atoms with Gasteiger partial charge in [-0.1, -0.05) is 15.9 Å². The van der Waals surface area contributed by atoms with Crippen LogP contribution in [0, 0.1) is 6.07 Å². The van der Waals surface area contributed by atoms with Gasteiger partial charge in [-0.3, -0.25) is 0 Å². The van der Waals surface area contributed by atoms with E-state index in [1.165, 1.54) is 7.11 Å². The first-order valence-corrected chi connectivity index (χ1v) is 3.78. The molecule has 0 aromatic heterocycles. The second-order valence-electron chi connectivity index (χ2n) is 1.93. The maximum Gasteiger partial charge on any atom is 0.337 e. The fourth-order valence-electron chi connectivity index (χ4n) is 0.679. The summed E-state index contributed by atoms with van der Waals surface area (Å²) in [4.78, 5) is 10.9. The van der Waals surface area contributed by atoms with Crippen LogP contribution in [0.3, 0.4) is 0 Å². The summed E-state index contributed by atoms with van der Waals surface area (Å²) in [6, 6.07) is 7.79.